The fourth-order valence-corrected chi connectivity index (χ4v) is 1.95. The van der Waals surface area contributed by atoms with Crippen LogP contribution in [0.1, 0.15) is 5.56 Å². The van der Waals surface area contributed by atoms with Gasteiger partial charge in [-0.05, 0) is 36.8 Å². The quantitative estimate of drug-likeness (QED) is 0.701. The monoisotopic (exact) mass is 253 g/mol. The van der Waals surface area contributed by atoms with E-state index in [1.807, 2.05) is 31.2 Å². The minimum atomic E-state index is -0.293. The molecular weight excluding hydrogens is 241 g/mol. The Kier molecular flexibility index (Phi) is 2.83. The molecule has 0 aliphatic heterocycles. The van der Waals surface area contributed by atoms with Crippen LogP contribution in [0.4, 0.5) is 4.39 Å². The zero-order chi connectivity index (χ0) is 13.2. The third kappa shape index (κ3) is 2.25. The second-order valence-corrected chi connectivity index (χ2v) is 4.37. The number of benzene rings is 2. The lowest BCUT2D eigenvalue weighted by Crippen LogP contribution is -1.94. The summed E-state index contributed by atoms with van der Waals surface area (Å²) in [5.41, 5.74) is 3.04. The maximum absolute atomic E-state index is 13.7. The van der Waals surface area contributed by atoms with E-state index in [1.165, 1.54) is 6.07 Å². The second kappa shape index (κ2) is 4.65. The van der Waals surface area contributed by atoms with Crippen molar-refractivity contribution in [3.8, 4) is 16.9 Å². The first-order valence-electron chi connectivity index (χ1n) is 5.98. The van der Waals surface area contributed by atoms with Gasteiger partial charge in [0.2, 0.25) is 0 Å². The largest absolute Gasteiger partial charge is 0.220 e. The van der Waals surface area contributed by atoms with Gasteiger partial charge in [0.25, 0.3) is 0 Å². The van der Waals surface area contributed by atoms with Gasteiger partial charge in [-0.25, -0.2) is 9.07 Å². The van der Waals surface area contributed by atoms with E-state index in [0.29, 0.717) is 11.3 Å². The molecule has 0 radical (unpaired) electrons. The molecular formula is C15H12FN3. The Morgan fingerprint density at radius 2 is 1.89 bits per heavy atom. The van der Waals surface area contributed by atoms with E-state index in [4.69, 9.17) is 0 Å². The molecule has 94 valence electrons. The van der Waals surface area contributed by atoms with E-state index in [-0.39, 0.29) is 5.82 Å². The van der Waals surface area contributed by atoms with Crippen molar-refractivity contribution in [2.75, 3.05) is 0 Å². The zero-order valence-electron chi connectivity index (χ0n) is 10.4. The van der Waals surface area contributed by atoms with Gasteiger partial charge in [0.1, 0.15) is 11.5 Å². The molecule has 0 saturated carbocycles. The smallest absolute Gasteiger partial charge is 0.132 e. The number of hydrogen-bond acceptors (Lipinski definition) is 2. The predicted molar refractivity (Wildman–Crippen MR) is 71.5 cm³/mol. The van der Waals surface area contributed by atoms with E-state index < -0.39 is 0 Å². The molecule has 3 rings (SSSR count). The summed E-state index contributed by atoms with van der Waals surface area (Å²) >= 11 is 0. The summed E-state index contributed by atoms with van der Waals surface area (Å²) < 4.78 is 15.3. The summed E-state index contributed by atoms with van der Waals surface area (Å²) in [4.78, 5) is 0. The maximum Gasteiger partial charge on any atom is 0.132 e. The molecule has 0 amide bonds. The van der Waals surface area contributed by atoms with Gasteiger partial charge in [0.15, 0.2) is 0 Å². The molecule has 2 aromatic carbocycles. The molecule has 19 heavy (non-hydrogen) atoms. The highest BCUT2D eigenvalue weighted by Gasteiger charge is 2.09. The predicted octanol–water partition coefficient (Wildman–Crippen LogP) is 3.38. The Balaban J connectivity index is 2.03. The fraction of sp³-hybridized carbons (Fsp3) is 0.0667. The Morgan fingerprint density at radius 1 is 1.05 bits per heavy atom. The number of aryl methyl sites for hydroxylation is 1. The van der Waals surface area contributed by atoms with Crippen molar-refractivity contribution in [1.29, 1.82) is 0 Å². The summed E-state index contributed by atoms with van der Waals surface area (Å²) in [5.74, 6) is -0.293. The van der Waals surface area contributed by atoms with Crippen LogP contribution in [-0.4, -0.2) is 15.0 Å². The normalized spacial score (nSPS) is 10.6. The Bertz CT molecular complexity index is 719. The van der Waals surface area contributed by atoms with Crippen molar-refractivity contribution in [3.63, 3.8) is 0 Å². The molecule has 0 bridgehead atoms. The van der Waals surface area contributed by atoms with Crippen LogP contribution in [-0.2, 0) is 0 Å². The van der Waals surface area contributed by atoms with E-state index >= 15 is 0 Å². The molecule has 1 heterocycles. The van der Waals surface area contributed by atoms with Gasteiger partial charge in [0, 0.05) is 5.56 Å². The molecule has 0 aliphatic carbocycles. The van der Waals surface area contributed by atoms with Crippen molar-refractivity contribution in [1.82, 2.24) is 15.0 Å². The third-order valence-corrected chi connectivity index (χ3v) is 2.91. The second-order valence-electron chi connectivity index (χ2n) is 4.37. The topological polar surface area (TPSA) is 30.7 Å². The fourth-order valence-electron chi connectivity index (χ4n) is 1.95. The van der Waals surface area contributed by atoms with Gasteiger partial charge < -0.3 is 0 Å². The lowest BCUT2D eigenvalue weighted by molar-refractivity contribution is 0.630. The Morgan fingerprint density at radius 3 is 2.68 bits per heavy atom. The van der Waals surface area contributed by atoms with Crippen LogP contribution in [0.2, 0.25) is 0 Å². The lowest BCUT2D eigenvalue weighted by Gasteiger charge is -2.00. The van der Waals surface area contributed by atoms with E-state index in [0.717, 1.165) is 11.3 Å². The first-order valence-corrected chi connectivity index (χ1v) is 5.98. The van der Waals surface area contributed by atoms with Crippen molar-refractivity contribution < 1.29 is 4.39 Å². The average molecular weight is 253 g/mol. The average Bonchev–Trinajstić information content (AvgIpc) is 2.89. The van der Waals surface area contributed by atoms with Gasteiger partial charge in [-0.1, -0.05) is 29.5 Å². The van der Waals surface area contributed by atoms with Crippen LogP contribution < -0.4 is 0 Å². The van der Waals surface area contributed by atoms with Crippen molar-refractivity contribution in [3.05, 3.63) is 66.1 Å². The highest BCUT2D eigenvalue weighted by atomic mass is 19.1. The highest BCUT2D eigenvalue weighted by molar-refractivity contribution is 5.58. The molecule has 0 atom stereocenters. The molecule has 4 heteroatoms. The van der Waals surface area contributed by atoms with Crippen LogP contribution in [0, 0.1) is 12.7 Å². The molecule has 0 N–H and O–H groups in total. The summed E-state index contributed by atoms with van der Waals surface area (Å²) in [5, 5.41) is 8.07. The summed E-state index contributed by atoms with van der Waals surface area (Å²) in [6.45, 7) is 2.01. The molecule has 1 aromatic heterocycles. The number of hydrogen-bond donors (Lipinski definition) is 0. The molecule has 0 unspecified atom stereocenters. The summed E-state index contributed by atoms with van der Waals surface area (Å²) in [6, 6.07) is 14.5. The van der Waals surface area contributed by atoms with Gasteiger partial charge in [-0.2, -0.15) is 0 Å². The van der Waals surface area contributed by atoms with Crippen LogP contribution in [0.5, 0.6) is 0 Å². The molecule has 0 spiro atoms. The minimum absolute atomic E-state index is 0.293. The Labute approximate surface area is 110 Å². The van der Waals surface area contributed by atoms with Gasteiger partial charge in [-0.3, -0.25) is 0 Å². The Hall–Kier alpha value is -2.49. The van der Waals surface area contributed by atoms with E-state index in [9.17, 15) is 4.39 Å². The number of nitrogens with zero attached hydrogens (tertiary/aromatic N) is 3. The number of rotatable bonds is 2. The van der Waals surface area contributed by atoms with E-state index in [1.54, 1.807) is 29.1 Å². The first kappa shape index (κ1) is 11.6. The van der Waals surface area contributed by atoms with E-state index in [2.05, 4.69) is 10.3 Å². The SMILES string of the molecule is Cc1cccc(-n2cc(-c3ccccc3F)nn2)c1. The van der Waals surface area contributed by atoms with Crippen LogP contribution in [0.3, 0.4) is 0 Å². The number of aromatic nitrogens is 3. The first-order chi connectivity index (χ1) is 9.24. The van der Waals surface area contributed by atoms with Crippen LogP contribution in [0.15, 0.2) is 54.7 Å². The molecule has 3 nitrogen and oxygen atoms in total. The standard InChI is InChI=1S/C15H12FN3/c1-11-5-4-6-12(9-11)19-10-15(17-18-19)13-7-2-3-8-14(13)16/h2-10H,1H3. The van der Waals surface area contributed by atoms with Crippen LogP contribution in [0.25, 0.3) is 16.9 Å². The van der Waals surface area contributed by atoms with Crippen molar-refractivity contribution in [2.24, 2.45) is 0 Å². The molecule has 0 fully saturated rings. The zero-order valence-corrected chi connectivity index (χ0v) is 10.4. The van der Waals surface area contributed by atoms with Crippen LogP contribution >= 0.6 is 0 Å². The lowest BCUT2D eigenvalue weighted by atomic mass is 10.1. The van der Waals surface area contributed by atoms with Gasteiger partial charge >= 0.3 is 0 Å². The maximum atomic E-state index is 13.7. The summed E-state index contributed by atoms with van der Waals surface area (Å²) in [7, 11) is 0. The van der Waals surface area contributed by atoms with Gasteiger partial charge in [0.05, 0.1) is 11.9 Å². The third-order valence-electron chi connectivity index (χ3n) is 2.91. The summed E-state index contributed by atoms with van der Waals surface area (Å²) in [6.07, 6.45) is 1.73. The molecule has 0 aliphatic rings. The highest BCUT2D eigenvalue weighted by Crippen LogP contribution is 2.20. The minimum Gasteiger partial charge on any atom is -0.220 e. The molecule has 3 aromatic rings. The number of halogens is 1. The van der Waals surface area contributed by atoms with Crippen molar-refractivity contribution >= 4 is 0 Å². The molecule has 0 saturated heterocycles. The van der Waals surface area contributed by atoms with Gasteiger partial charge in [-0.15, -0.1) is 5.10 Å². The van der Waals surface area contributed by atoms with Crippen molar-refractivity contribution in [2.45, 2.75) is 6.92 Å².